The Labute approximate surface area is 194 Å². The molecule has 0 saturated heterocycles. The fraction of sp³-hybridized carbons (Fsp3) is 0.240. The number of carboxylic acid groups (broad SMARTS) is 1. The van der Waals surface area contributed by atoms with E-state index in [1.807, 2.05) is 24.3 Å². The third-order valence-corrected chi connectivity index (χ3v) is 5.86. The largest absolute Gasteiger partial charge is 0.493 e. The maximum atomic E-state index is 12.8. The van der Waals surface area contributed by atoms with Gasteiger partial charge < -0.3 is 29.3 Å². The van der Waals surface area contributed by atoms with Crippen LogP contribution in [0.3, 0.4) is 0 Å². The van der Waals surface area contributed by atoms with Gasteiger partial charge in [0.1, 0.15) is 11.6 Å². The van der Waals surface area contributed by atoms with Gasteiger partial charge in [-0.1, -0.05) is 18.2 Å². The van der Waals surface area contributed by atoms with Gasteiger partial charge in [-0.25, -0.2) is 9.59 Å². The number of H-pyrrole nitrogens is 1. The molecule has 1 atom stereocenters. The number of nitrogens with one attached hydrogen (secondary N) is 2. The van der Waals surface area contributed by atoms with Crippen LogP contribution in [0.1, 0.15) is 16.7 Å². The number of carbonyl (C=O) groups excluding carboxylic acids is 1. The highest BCUT2D eigenvalue weighted by atomic mass is 16.5. The zero-order valence-electron chi connectivity index (χ0n) is 18.9. The van der Waals surface area contributed by atoms with Crippen molar-refractivity contribution < 1.29 is 28.6 Å². The fourth-order valence-corrected chi connectivity index (χ4v) is 4.05. The van der Waals surface area contributed by atoms with Crippen molar-refractivity contribution in [2.75, 3.05) is 14.2 Å². The molecule has 2 aromatic carbocycles. The van der Waals surface area contributed by atoms with Crippen LogP contribution in [0.25, 0.3) is 21.9 Å². The van der Waals surface area contributed by atoms with E-state index in [2.05, 4.69) is 10.3 Å². The molecule has 0 aliphatic rings. The smallest absolute Gasteiger partial charge is 0.340 e. The van der Waals surface area contributed by atoms with E-state index in [0.29, 0.717) is 28.0 Å². The predicted molar refractivity (Wildman–Crippen MR) is 126 cm³/mol. The Hall–Kier alpha value is -4.27. The Morgan fingerprint density at radius 1 is 1.12 bits per heavy atom. The Kier molecular flexibility index (Phi) is 6.27. The van der Waals surface area contributed by atoms with Crippen LogP contribution in [0.5, 0.6) is 11.5 Å². The molecule has 9 nitrogen and oxygen atoms in total. The Morgan fingerprint density at radius 3 is 2.53 bits per heavy atom. The molecule has 34 heavy (non-hydrogen) atoms. The third-order valence-electron chi connectivity index (χ3n) is 5.86. The molecular weight excluding hydrogens is 440 g/mol. The minimum Gasteiger partial charge on any atom is -0.493 e. The summed E-state index contributed by atoms with van der Waals surface area (Å²) in [6.07, 6.45) is 1.50. The molecule has 0 unspecified atom stereocenters. The van der Waals surface area contributed by atoms with Crippen LogP contribution in [-0.2, 0) is 22.4 Å². The number of amides is 1. The number of methoxy groups -OCH3 is 2. The molecule has 2 aromatic heterocycles. The summed E-state index contributed by atoms with van der Waals surface area (Å²) in [5.74, 6) is -0.906. The number of fused-ring (bicyclic) bond motifs is 2. The lowest BCUT2D eigenvalue weighted by Crippen LogP contribution is -2.43. The summed E-state index contributed by atoms with van der Waals surface area (Å²) >= 11 is 0. The van der Waals surface area contributed by atoms with Gasteiger partial charge in [0.05, 0.1) is 26.2 Å². The first-order chi connectivity index (χ1) is 16.3. The van der Waals surface area contributed by atoms with Crippen molar-refractivity contribution in [1.82, 2.24) is 10.3 Å². The van der Waals surface area contributed by atoms with Crippen LogP contribution in [-0.4, -0.2) is 42.2 Å². The number of carbonyl (C=O) groups is 2. The molecule has 4 aromatic rings. The molecule has 0 radical (unpaired) electrons. The maximum Gasteiger partial charge on any atom is 0.340 e. The number of benzene rings is 2. The lowest BCUT2D eigenvalue weighted by molar-refractivity contribution is -0.141. The number of hydrogen-bond donors (Lipinski definition) is 3. The van der Waals surface area contributed by atoms with Crippen molar-refractivity contribution >= 4 is 33.7 Å². The SMILES string of the molecule is COc1cc2oc(=O)c(CC(=O)N[C@@H](Cc3c[nH]c4ccccc34)C(=O)O)c(C)c2cc1OC. The van der Waals surface area contributed by atoms with Crippen LogP contribution >= 0.6 is 0 Å². The van der Waals surface area contributed by atoms with Crippen molar-refractivity contribution in [2.24, 2.45) is 0 Å². The van der Waals surface area contributed by atoms with Crippen LogP contribution < -0.4 is 20.4 Å². The molecule has 0 saturated carbocycles. The van der Waals surface area contributed by atoms with Crippen molar-refractivity contribution in [3.63, 3.8) is 0 Å². The quantitative estimate of drug-likeness (QED) is 0.342. The van der Waals surface area contributed by atoms with Gasteiger partial charge in [-0.2, -0.15) is 0 Å². The molecule has 0 spiro atoms. The molecule has 1 amide bonds. The van der Waals surface area contributed by atoms with Gasteiger partial charge in [0.25, 0.3) is 0 Å². The second kappa shape index (κ2) is 9.30. The van der Waals surface area contributed by atoms with E-state index < -0.39 is 23.5 Å². The molecule has 0 bridgehead atoms. The van der Waals surface area contributed by atoms with Crippen molar-refractivity contribution in [3.8, 4) is 11.5 Å². The summed E-state index contributed by atoms with van der Waals surface area (Å²) < 4.78 is 16.0. The van der Waals surface area contributed by atoms with E-state index in [4.69, 9.17) is 13.9 Å². The first-order valence-corrected chi connectivity index (χ1v) is 10.6. The average Bonchev–Trinajstić information content (AvgIpc) is 3.23. The number of para-hydroxylation sites is 1. The minimum atomic E-state index is -1.17. The van der Waals surface area contributed by atoms with E-state index in [1.165, 1.54) is 14.2 Å². The normalized spacial score (nSPS) is 12.0. The van der Waals surface area contributed by atoms with E-state index in [-0.39, 0.29) is 18.4 Å². The van der Waals surface area contributed by atoms with Crippen LogP contribution in [0.2, 0.25) is 0 Å². The van der Waals surface area contributed by atoms with Gasteiger partial charge in [0.2, 0.25) is 5.91 Å². The van der Waals surface area contributed by atoms with Gasteiger partial charge >= 0.3 is 11.6 Å². The Balaban J connectivity index is 1.59. The molecular formula is C25H24N2O7. The van der Waals surface area contributed by atoms with E-state index in [9.17, 15) is 19.5 Å². The monoisotopic (exact) mass is 464 g/mol. The average molecular weight is 464 g/mol. The van der Waals surface area contributed by atoms with Crippen LogP contribution in [0.4, 0.5) is 0 Å². The van der Waals surface area contributed by atoms with Crippen molar-refractivity contribution in [1.29, 1.82) is 0 Å². The number of rotatable bonds is 8. The molecule has 2 heterocycles. The zero-order valence-corrected chi connectivity index (χ0v) is 18.9. The summed E-state index contributed by atoms with van der Waals surface area (Å²) in [4.78, 5) is 40.4. The molecule has 0 aliphatic carbocycles. The van der Waals surface area contributed by atoms with Crippen LogP contribution in [0.15, 0.2) is 51.8 Å². The van der Waals surface area contributed by atoms with Gasteiger partial charge in [0, 0.05) is 35.0 Å². The number of hydrogen-bond acceptors (Lipinski definition) is 6. The highest BCUT2D eigenvalue weighted by molar-refractivity contribution is 5.89. The van der Waals surface area contributed by atoms with E-state index in [0.717, 1.165) is 16.5 Å². The predicted octanol–water partition coefficient (Wildman–Crippen LogP) is 2.95. The first-order valence-electron chi connectivity index (χ1n) is 10.6. The zero-order chi connectivity index (χ0) is 24.4. The number of ether oxygens (including phenoxy) is 2. The number of carboxylic acids is 1. The van der Waals surface area contributed by atoms with Gasteiger partial charge in [0.15, 0.2) is 11.5 Å². The summed E-state index contributed by atoms with van der Waals surface area (Å²) in [5.41, 5.74) is 1.97. The maximum absolute atomic E-state index is 12.8. The minimum absolute atomic E-state index is 0.0907. The van der Waals surface area contributed by atoms with Gasteiger partial charge in [-0.05, 0) is 30.2 Å². The number of aromatic nitrogens is 1. The van der Waals surface area contributed by atoms with Gasteiger partial charge in [-0.15, -0.1) is 0 Å². The Bertz CT molecular complexity index is 1450. The van der Waals surface area contributed by atoms with Crippen LogP contribution in [0, 0.1) is 6.92 Å². The molecule has 0 fully saturated rings. The highest BCUT2D eigenvalue weighted by Gasteiger charge is 2.24. The summed E-state index contributed by atoms with van der Waals surface area (Å²) in [7, 11) is 2.97. The topological polar surface area (TPSA) is 131 Å². The molecule has 4 rings (SSSR count). The summed E-state index contributed by atoms with van der Waals surface area (Å²) in [5, 5.41) is 13.7. The second-order valence-electron chi connectivity index (χ2n) is 7.90. The van der Waals surface area contributed by atoms with Crippen molar-refractivity contribution in [2.45, 2.75) is 25.8 Å². The van der Waals surface area contributed by atoms with E-state index in [1.54, 1.807) is 25.3 Å². The summed E-state index contributed by atoms with van der Waals surface area (Å²) in [6.45, 7) is 1.70. The van der Waals surface area contributed by atoms with Crippen molar-refractivity contribution in [3.05, 3.63) is 69.7 Å². The molecule has 3 N–H and O–H groups in total. The molecule has 9 heteroatoms. The fourth-order valence-electron chi connectivity index (χ4n) is 4.05. The Morgan fingerprint density at radius 2 is 1.82 bits per heavy atom. The standard InChI is InChI=1S/C25H24N2O7/c1-13-16-9-21(32-2)22(33-3)11-20(16)34-25(31)17(13)10-23(28)27-19(24(29)30)8-14-12-26-18-7-5-4-6-15(14)18/h4-7,9,11-12,19,26H,8,10H2,1-3H3,(H,27,28)(H,29,30)/t19-/m0/s1. The third kappa shape index (κ3) is 4.32. The highest BCUT2D eigenvalue weighted by Crippen LogP contribution is 2.33. The first kappa shape index (κ1) is 22.9. The summed E-state index contributed by atoms with van der Waals surface area (Å²) in [6, 6.07) is 9.57. The second-order valence-corrected chi connectivity index (χ2v) is 7.90. The van der Waals surface area contributed by atoms with Gasteiger partial charge in [-0.3, -0.25) is 4.79 Å². The number of aromatic amines is 1. The molecule has 0 aliphatic heterocycles. The number of aliphatic carboxylic acids is 1. The lowest BCUT2D eigenvalue weighted by Gasteiger charge is -2.15. The number of aryl methyl sites for hydroxylation is 1. The van der Waals surface area contributed by atoms with E-state index >= 15 is 0 Å². The lowest BCUT2D eigenvalue weighted by atomic mass is 10.0. The molecule has 176 valence electrons.